The Morgan fingerprint density at radius 1 is 1.15 bits per heavy atom. The lowest BCUT2D eigenvalue weighted by molar-refractivity contribution is -0.139. The lowest BCUT2D eigenvalue weighted by Crippen LogP contribution is -2.30. The zero-order chi connectivity index (χ0) is 19.1. The van der Waals surface area contributed by atoms with Crippen LogP contribution < -0.4 is 10.1 Å². The Morgan fingerprint density at radius 3 is 2.42 bits per heavy atom. The number of benzene rings is 2. The van der Waals surface area contributed by atoms with Crippen molar-refractivity contribution in [3.63, 3.8) is 0 Å². The number of carboxylic acids is 1. The summed E-state index contributed by atoms with van der Waals surface area (Å²) in [5, 5.41) is 11.7. The molecular weight excluding hydrogens is 334 g/mol. The van der Waals surface area contributed by atoms with Gasteiger partial charge in [0.25, 0.3) is 5.91 Å². The van der Waals surface area contributed by atoms with Crippen molar-refractivity contribution < 1.29 is 24.2 Å². The second-order valence-corrected chi connectivity index (χ2v) is 6.01. The van der Waals surface area contributed by atoms with Gasteiger partial charge in [0, 0.05) is 12.8 Å². The zero-order valence-corrected chi connectivity index (χ0v) is 15.1. The van der Waals surface area contributed by atoms with Crippen LogP contribution in [0.3, 0.4) is 0 Å². The summed E-state index contributed by atoms with van der Waals surface area (Å²) in [4.78, 5) is 23.1. The number of aryl methyl sites for hydroxylation is 1. The third kappa shape index (κ3) is 5.60. The summed E-state index contributed by atoms with van der Waals surface area (Å²) in [5.41, 5.74) is 2.39. The highest BCUT2D eigenvalue weighted by Gasteiger charge is 2.17. The first kappa shape index (κ1) is 19.5. The normalized spacial score (nSPS) is 12.9. The smallest absolute Gasteiger partial charge is 0.306 e. The van der Waals surface area contributed by atoms with Crippen molar-refractivity contribution in [3.05, 3.63) is 59.7 Å². The van der Waals surface area contributed by atoms with E-state index in [1.165, 1.54) is 7.11 Å². The summed E-state index contributed by atoms with van der Waals surface area (Å²) in [6.45, 7) is 3.64. The quantitative estimate of drug-likeness (QED) is 0.754. The molecule has 2 N–H and O–H groups in total. The fourth-order valence-corrected chi connectivity index (χ4v) is 2.47. The van der Waals surface area contributed by atoms with Gasteiger partial charge in [-0.1, -0.05) is 24.3 Å². The first-order chi connectivity index (χ1) is 12.4. The molecule has 0 fully saturated rings. The van der Waals surface area contributed by atoms with Crippen LogP contribution in [0.15, 0.2) is 48.5 Å². The number of methoxy groups -OCH3 is 1. The number of nitrogens with one attached hydrogen (secondary N) is 1. The number of amides is 1. The Hall–Kier alpha value is -2.86. The van der Waals surface area contributed by atoms with E-state index >= 15 is 0 Å². The number of ether oxygens (including phenoxy) is 2. The van der Waals surface area contributed by atoms with Crippen molar-refractivity contribution in [2.75, 3.05) is 12.4 Å². The van der Waals surface area contributed by atoms with Crippen LogP contribution in [0.5, 0.6) is 5.75 Å². The molecule has 0 heterocycles. The van der Waals surface area contributed by atoms with Crippen molar-refractivity contribution in [1.29, 1.82) is 0 Å². The van der Waals surface area contributed by atoms with E-state index in [2.05, 4.69) is 5.32 Å². The van der Waals surface area contributed by atoms with Crippen LogP contribution in [-0.2, 0) is 14.3 Å². The molecule has 0 aliphatic carbocycles. The number of carboxylic acid groups (broad SMARTS) is 1. The topological polar surface area (TPSA) is 84.9 Å². The van der Waals surface area contributed by atoms with Crippen molar-refractivity contribution >= 4 is 17.6 Å². The molecule has 0 aliphatic heterocycles. The van der Waals surface area contributed by atoms with Crippen LogP contribution in [0, 0.1) is 6.92 Å². The Labute approximate surface area is 152 Å². The second kappa shape index (κ2) is 9.01. The van der Waals surface area contributed by atoms with E-state index in [-0.39, 0.29) is 12.3 Å². The molecule has 6 heteroatoms. The molecule has 138 valence electrons. The van der Waals surface area contributed by atoms with E-state index < -0.39 is 18.2 Å². The summed E-state index contributed by atoms with van der Waals surface area (Å²) in [6, 6.07) is 14.4. The molecule has 0 radical (unpaired) electrons. The molecule has 2 aromatic rings. The van der Waals surface area contributed by atoms with Gasteiger partial charge in [-0.05, 0) is 49.2 Å². The van der Waals surface area contributed by atoms with Gasteiger partial charge in [-0.2, -0.15) is 0 Å². The van der Waals surface area contributed by atoms with Gasteiger partial charge in [0.2, 0.25) is 0 Å². The molecule has 2 aromatic carbocycles. The number of hydrogen-bond acceptors (Lipinski definition) is 4. The minimum atomic E-state index is -0.934. The number of rotatable bonds is 8. The van der Waals surface area contributed by atoms with Gasteiger partial charge in [0.1, 0.15) is 5.75 Å². The lowest BCUT2D eigenvalue weighted by atomic mass is 10.1. The Bertz CT molecular complexity index is 757. The summed E-state index contributed by atoms with van der Waals surface area (Å²) < 4.78 is 10.8. The molecule has 0 aromatic heterocycles. The van der Waals surface area contributed by atoms with Gasteiger partial charge in [-0.15, -0.1) is 0 Å². The molecule has 6 nitrogen and oxygen atoms in total. The highest BCUT2D eigenvalue weighted by atomic mass is 16.5. The predicted molar refractivity (Wildman–Crippen MR) is 98.3 cm³/mol. The molecule has 2 atom stereocenters. The third-order valence-electron chi connectivity index (χ3n) is 3.87. The fraction of sp³-hybridized carbons (Fsp3) is 0.300. The van der Waals surface area contributed by atoms with Gasteiger partial charge in [0.15, 0.2) is 6.10 Å². The number of carbonyl (C=O) groups excluding carboxylic acids is 1. The largest absolute Gasteiger partial charge is 0.481 e. The van der Waals surface area contributed by atoms with E-state index in [9.17, 15) is 9.59 Å². The van der Waals surface area contributed by atoms with E-state index in [1.54, 1.807) is 37.3 Å². The van der Waals surface area contributed by atoms with Crippen molar-refractivity contribution in [2.24, 2.45) is 0 Å². The fourth-order valence-electron chi connectivity index (χ4n) is 2.47. The van der Waals surface area contributed by atoms with Gasteiger partial charge >= 0.3 is 5.97 Å². The average molecular weight is 357 g/mol. The van der Waals surface area contributed by atoms with Crippen LogP contribution in [0.4, 0.5) is 5.69 Å². The summed E-state index contributed by atoms with van der Waals surface area (Å²) in [6.07, 6.45) is -1.31. The van der Waals surface area contributed by atoms with Crippen LogP contribution in [0.25, 0.3) is 0 Å². The molecule has 26 heavy (non-hydrogen) atoms. The van der Waals surface area contributed by atoms with E-state index in [0.29, 0.717) is 11.4 Å². The molecule has 2 rings (SSSR count). The maximum atomic E-state index is 12.3. The highest BCUT2D eigenvalue weighted by molar-refractivity contribution is 5.94. The van der Waals surface area contributed by atoms with Gasteiger partial charge < -0.3 is 19.9 Å². The molecule has 0 unspecified atom stereocenters. The van der Waals surface area contributed by atoms with Crippen molar-refractivity contribution in [2.45, 2.75) is 32.5 Å². The second-order valence-electron chi connectivity index (χ2n) is 6.01. The molecule has 0 bridgehead atoms. The maximum Gasteiger partial charge on any atom is 0.306 e. The molecule has 1 amide bonds. The molecule has 0 aliphatic rings. The predicted octanol–water partition coefficient (Wildman–Crippen LogP) is 3.56. The van der Waals surface area contributed by atoms with Crippen molar-refractivity contribution in [3.8, 4) is 5.75 Å². The minimum Gasteiger partial charge on any atom is -0.481 e. The SMILES string of the molecule is CO[C@H](CC(=O)O)c1ccc(NC(=O)[C@H](C)Oc2cccc(C)c2)cc1. The first-order valence-electron chi connectivity index (χ1n) is 8.27. The molecule has 0 spiro atoms. The Morgan fingerprint density at radius 2 is 1.85 bits per heavy atom. The average Bonchev–Trinajstić information content (AvgIpc) is 2.60. The third-order valence-corrected chi connectivity index (χ3v) is 3.87. The van der Waals surface area contributed by atoms with Crippen LogP contribution in [-0.4, -0.2) is 30.2 Å². The van der Waals surface area contributed by atoms with Crippen LogP contribution in [0.1, 0.15) is 30.6 Å². The number of anilines is 1. The van der Waals surface area contributed by atoms with Gasteiger partial charge in [0.05, 0.1) is 12.5 Å². The van der Waals surface area contributed by atoms with Crippen LogP contribution in [0.2, 0.25) is 0 Å². The summed E-state index contributed by atoms with van der Waals surface area (Å²) in [5.74, 6) is -0.566. The molecule has 0 saturated carbocycles. The van der Waals surface area contributed by atoms with Gasteiger partial charge in [-0.3, -0.25) is 9.59 Å². The highest BCUT2D eigenvalue weighted by Crippen LogP contribution is 2.22. The number of aliphatic carboxylic acids is 1. The minimum absolute atomic E-state index is 0.121. The van der Waals surface area contributed by atoms with E-state index in [1.807, 2.05) is 25.1 Å². The zero-order valence-electron chi connectivity index (χ0n) is 15.1. The Balaban J connectivity index is 1.97. The molecular formula is C20H23NO5. The first-order valence-corrected chi connectivity index (χ1v) is 8.27. The van der Waals surface area contributed by atoms with E-state index in [4.69, 9.17) is 14.6 Å². The van der Waals surface area contributed by atoms with Crippen LogP contribution >= 0.6 is 0 Å². The molecule has 0 saturated heterocycles. The van der Waals surface area contributed by atoms with Crippen molar-refractivity contribution in [1.82, 2.24) is 0 Å². The standard InChI is InChI=1S/C20H23NO5/c1-13-5-4-6-17(11-13)26-14(2)20(24)21-16-9-7-15(8-10-16)18(25-3)12-19(22)23/h4-11,14,18H,12H2,1-3H3,(H,21,24)(H,22,23)/t14-,18+/m0/s1. The number of carbonyl (C=O) groups is 2. The maximum absolute atomic E-state index is 12.3. The van der Waals surface area contributed by atoms with Gasteiger partial charge in [-0.25, -0.2) is 0 Å². The summed E-state index contributed by atoms with van der Waals surface area (Å²) >= 11 is 0. The van der Waals surface area contributed by atoms with E-state index in [0.717, 1.165) is 11.1 Å². The lowest BCUT2D eigenvalue weighted by Gasteiger charge is -2.16. The monoisotopic (exact) mass is 357 g/mol. The Kier molecular flexibility index (Phi) is 6.74. The summed E-state index contributed by atoms with van der Waals surface area (Å²) in [7, 11) is 1.47. The number of hydrogen-bond donors (Lipinski definition) is 2.